The lowest BCUT2D eigenvalue weighted by molar-refractivity contribution is 0.276. The highest BCUT2D eigenvalue weighted by Gasteiger charge is 2.37. The molecule has 2 saturated heterocycles. The Labute approximate surface area is 141 Å². The van der Waals surface area contributed by atoms with Gasteiger partial charge in [0.1, 0.15) is 0 Å². The van der Waals surface area contributed by atoms with E-state index in [-0.39, 0.29) is 0 Å². The largest absolute Gasteiger partial charge is 0.158 e. The molecule has 1 aliphatic carbocycles. The molecule has 121 valence electrons. The predicted octanol–water partition coefficient (Wildman–Crippen LogP) is 6.35. The maximum atomic E-state index is 2.61. The molecule has 4 unspecified atom stereocenters. The normalized spacial score (nSPS) is 40.4. The lowest BCUT2D eigenvalue weighted by atomic mass is 9.71. The topological polar surface area (TPSA) is 0 Å². The van der Waals surface area contributed by atoms with Crippen LogP contribution in [0.25, 0.3) is 0 Å². The fourth-order valence-corrected chi connectivity index (χ4v) is 7.90. The van der Waals surface area contributed by atoms with Crippen LogP contribution in [0.15, 0.2) is 0 Å². The first-order chi connectivity index (χ1) is 10.4. The zero-order valence-corrected chi connectivity index (χ0v) is 15.5. The molecule has 0 spiro atoms. The zero-order chi connectivity index (χ0) is 14.5. The molecule has 4 atom stereocenters. The van der Waals surface area contributed by atoms with Crippen LogP contribution < -0.4 is 0 Å². The van der Waals surface area contributed by atoms with E-state index in [0.717, 1.165) is 22.3 Å². The highest BCUT2D eigenvalue weighted by Crippen LogP contribution is 2.47. The Kier molecular flexibility index (Phi) is 6.72. The van der Waals surface area contributed by atoms with Gasteiger partial charge in [-0.1, -0.05) is 39.0 Å². The van der Waals surface area contributed by atoms with Crippen molar-refractivity contribution >= 4 is 23.5 Å². The molecule has 2 aliphatic heterocycles. The van der Waals surface area contributed by atoms with Gasteiger partial charge in [0.15, 0.2) is 0 Å². The summed E-state index contributed by atoms with van der Waals surface area (Å²) in [6.45, 7) is 2.61. The summed E-state index contributed by atoms with van der Waals surface area (Å²) < 4.78 is 0. The Morgan fingerprint density at radius 1 is 0.762 bits per heavy atom. The molecule has 2 heterocycles. The first-order valence-corrected chi connectivity index (χ1v) is 11.5. The highest BCUT2D eigenvalue weighted by molar-refractivity contribution is 8.00. The Hall–Kier alpha value is 0.700. The minimum Gasteiger partial charge on any atom is -0.158 e. The van der Waals surface area contributed by atoms with Crippen molar-refractivity contribution in [2.75, 3.05) is 11.5 Å². The van der Waals surface area contributed by atoms with Gasteiger partial charge < -0.3 is 0 Å². The van der Waals surface area contributed by atoms with E-state index in [1.807, 2.05) is 5.92 Å². The van der Waals surface area contributed by atoms with Crippen LogP contribution >= 0.6 is 23.5 Å². The molecule has 0 aromatic heterocycles. The molecule has 3 aliphatic rings. The number of hydrogen-bond acceptors (Lipinski definition) is 2. The molecule has 0 bridgehead atoms. The third-order valence-corrected chi connectivity index (χ3v) is 9.02. The lowest BCUT2D eigenvalue weighted by Crippen LogP contribution is -2.35. The van der Waals surface area contributed by atoms with Crippen molar-refractivity contribution in [3.8, 4) is 0 Å². The smallest absolute Gasteiger partial charge is 0.0112 e. The molecule has 3 rings (SSSR count). The van der Waals surface area contributed by atoms with E-state index in [1.165, 1.54) is 82.1 Å². The summed E-state index contributed by atoms with van der Waals surface area (Å²) in [7, 11) is 0. The molecule has 0 aromatic rings. The van der Waals surface area contributed by atoms with Gasteiger partial charge in [0.25, 0.3) is 0 Å². The highest BCUT2D eigenvalue weighted by atomic mass is 32.2. The predicted molar refractivity (Wildman–Crippen MR) is 99.2 cm³/mol. The Morgan fingerprint density at radius 2 is 1.52 bits per heavy atom. The fraction of sp³-hybridized carbons (Fsp3) is 0.947. The molecule has 1 saturated carbocycles. The van der Waals surface area contributed by atoms with Crippen molar-refractivity contribution < 1.29 is 0 Å². The van der Waals surface area contributed by atoms with E-state index in [1.54, 1.807) is 0 Å². The monoisotopic (exact) mass is 325 g/mol. The van der Waals surface area contributed by atoms with Gasteiger partial charge in [0.05, 0.1) is 0 Å². The van der Waals surface area contributed by atoms with Crippen LogP contribution in [-0.4, -0.2) is 22.0 Å². The molecule has 0 nitrogen and oxygen atoms in total. The molecule has 0 aromatic carbocycles. The van der Waals surface area contributed by atoms with Gasteiger partial charge in [0.2, 0.25) is 0 Å². The summed E-state index contributed by atoms with van der Waals surface area (Å²) in [6.07, 6.45) is 16.3. The van der Waals surface area contributed by atoms with Crippen molar-refractivity contribution in [2.24, 2.45) is 11.8 Å². The third kappa shape index (κ3) is 4.37. The van der Waals surface area contributed by atoms with Crippen molar-refractivity contribution in [1.82, 2.24) is 0 Å². The van der Waals surface area contributed by atoms with Crippen molar-refractivity contribution in [1.29, 1.82) is 0 Å². The van der Waals surface area contributed by atoms with E-state index in [9.17, 15) is 0 Å². The summed E-state index contributed by atoms with van der Waals surface area (Å²) in [5.41, 5.74) is 0. The van der Waals surface area contributed by atoms with Gasteiger partial charge in [-0.2, -0.15) is 23.5 Å². The second-order valence-corrected chi connectivity index (χ2v) is 10.0. The molecule has 21 heavy (non-hydrogen) atoms. The van der Waals surface area contributed by atoms with Gasteiger partial charge in [-0.3, -0.25) is 0 Å². The first kappa shape index (κ1) is 16.6. The summed E-state index contributed by atoms with van der Waals surface area (Å²) in [4.78, 5) is 0. The van der Waals surface area contributed by atoms with Gasteiger partial charge in [-0.05, 0) is 67.8 Å². The van der Waals surface area contributed by atoms with Crippen LogP contribution in [0.5, 0.6) is 0 Å². The van der Waals surface area contributed by atoms with E-state index >= 15 is 0 Å². The van der Waals surface area contributed by atoms with Crippen LogP contribution in [0.1, 0.15) is 77.6 Å². The Bertz CT molecular complexity index is 264. The summed E-state index contributed by atoms with van der Waals surface area (Å²) in [6, 6.07) is 0. The molecular formula is C19H33S2. The zero-order valence-electron chi connectivity index (χ0n) is 13.8. The second kappa shape index (κ2) is 8.52. The van der Waals surface area contributed by atoms with E-state index < -0.39 is 0 Å². The minimum absolute atomic E-state index is 0.900. The van der Waals surface area contributed by atoms with Crippen molar-refractivity contribution in [3.05, 3.63) is 5.92 Å². The summed E-state index contributed by atoms with van der Waals surface area (Å²) in [5, 5.41) is 1.90. The summed E-state index contributed by atoms with van der Waals surface area (Å²) in [5.74, 6) is 6.73. The van der Waals surface area contributed by atoms with E-state index in [0.29, 0.717) is 0 Å². The maximum absolute atomic E-state index is 2.61. The van der Waals surface area contributed by atoms with Crippen LogP contribution in [-0.2, 0) is 0 Å². The first-order valence-electron chi connectivity index (χ1n) is 9.45. The van der Waals surface area contributed by atoms with Crippen molar-refractivity contribution in [2.45, 2.75) is 88.1 Å². The molecule has 1 radical (unpaired) electrons. The third-order valence-electron chi connectivity index (χ3n) is 6.02. The van der Waals surface area contributed by atoms with Gasteiger partial charge >= 0.3 is 0 Å². The average molecular weight is 326 g/mol. The van der Waals surface area contributed by atoms with Crippen molar-refractivity contribution in [3.63, 3.8) is 0 Å². The molecule has 0 amide bonds. The Balaban J connectivity index is 1.68. The Morgan fingerprint density at radius 3 is 2.24 bits per heavy atom. The van der Waals surface area contributed by atoms with Crippen LogP contribution in [0.4, 0.5) is 0 Å². The second-order valence-electron chi connectivity index (χ2n) is 7.39. The average Bonchev–Trinajstić information content (AvgIpc) is 2.53. The van der Waals surface area contributed by atoms with E-state index in [4.69, 9.17) is 0 Å². The molecule has 3 fully saturated rings. The molecule has 2 heteroatoms. The quantitative estimate of drug-likeness (QED) is 0.580. The van der Waals surface area contributed by atoms with Crippen LogP contribution in [0.3, 0.4) is 0 Å². The molecular weight excluding hydrogens is 292 g/mol. The van der Waals surface area contributed by atoms with Gasteiger partial charge in [-0.25, -0.2) is 0 Å². The fourth-order valence-electron chi connectivity index (χ4n) is 4.74. The van der Waals surface area contributed by atoms with Crippen LogP contribution in [0, 0.1) is 17.8 Å². The number of rotatable bonds is 2. The van der Waals surface area contributed by atoms with Gasteiger partial charge in [0, 0.05) is 10.5 Å². The summed E-state index contributed by atoms with van der Waals surface area (Å²) >= 11 is 4.61. The number of hydrogen-bond donors (Lipinski definition) is 0. The van der Waals surface area contributed by atoms with E-state index in [2.05, 4.69) is 30.4 Å². The minimum atomic E-state index is 0.900. The standard InChI is InChI=1S/C19H33S2/c1-15-16(18-11-5-7-13-20-18)9-3-2-4-10-17(15)19-12-6-8-14-21-19/h15-16,18-19H,2-14H2,1H3. The SMILES string of the molecule is CC1[C](C2CCCCS2)CCCCCC1C1CCCCS1. The van der Waals surface area contributed by atoms with Crippen LogP contribution in [0.2, 0.25) is 0 Å². The molecule has 0 N–H and O–H groups in total. The maximum Gasteiger partial charge on any atom is 0.0112 e. The lowest BCUT2D eigenvalue weighted by Gasteiger charge is -2.42. The van der Waals surface area contributed by atoms with Gasteiger partial charge in [-0.15, -0.1) is 0 Å². The number of thioether (sulfide) groups is 2.